The van der Waals surface area contributed by atoms with Gasteiger partial charge in [-0.2, -0.15) is 0 Å². The van der Waals surface area contributed by atoms with Gasteiger partial charge in [-0.05, 0) is 43.7 Å². The quantitative estimate of drug-likeness (QED) is 0.422. The molecule has 0 N–H and O–H groups in total. The Labute approximate surface area is 112 Å². The van der Waals surface area contributed by atoms with E-state index in [2.05, 4.69) is 44.3 Å². The maximum Gasteiger partial charge on any atom is -0.0279 e. The second-order valence-corrected chi connectivity index (χ2v) is 4.73. The van der Waals surface area contributed by atoms with Crippen LogP contribution in [0.15, 0.2) is 61.2 Å². The normalized spacial score (nSPS) is 11.3. The topological polar surface area (TPSA) is 0 Å². The zero-order chi connectivity index (χ0) is 13.2. The molecule has 0 atom stereocenters. The zero-order valence-electron chi connectivity index (χ0n) is 11.5. The second-order valence-electron chi connectivity index (χ2n) is 4.73. The maximum atomic E-state index is 3.82. The summed E-state index contributed by atoms with van der Waals surface area (Å²) in [6.45, 7) is 9.67. The fourth-order valence-corrected chi connectivity index (χ4v) is 1.99. The Morgan fingerprint density at radius 3 is 2.39 bits per heavy atom. The van der Waals surface area contributed by atoms with Crippen molar-refractivity contribution in [3.63, 3.8) is 0 Å². The van der Waals surface area contributed by atoms with Gasteiger partial charge in [0.05, 0.1) is 0 Å². The summed E-state index contributed by atoms with van der Waals surface area (Å²) in [6.07, 6.45) is 11.9. The van der Waals surface area contributed by atoms with E-state index in [1.54, 1.807) is 0 Å². The van der Waals surface area contributed by atoms with Gasteiger partial charge in [-0.15, -0.1) is 0 Å². The van der Waals surface area contributed by atoms with Crippen molar-refractivity contribution < 1.29 is 0 Å². The van der Waals surface area contributed by atoms with Crippen LogP contribution in [0.3, 0.4) is 0 Å². The van der Waals surface area contributed by atoms with E-state index in [0.29, 0.717) is 0 Å². The van der Waals surface area contributed by atoms with Crippen LogP contribution in [-0.2, 0) is 6.42 Å². The predicted octanol–water partition coefficient (Wildman–Crippen LogP) is 5.40. The Bertz CT molecular complexity index is 393. The zero-order valence-corrected chi connectivity index (χ0v) is 11.5. The van der Waals surface area contributed by atoms with Gasteiger partial charge in [-0.25, -0.2) is 0 Å². The van der Waals surface area contributed by atoms with Crippen molar-refractivity contribution in [2.75, 3.05) is 0 Å². The molecule has 0 spiro atoms. The van der Waals surface area contributed by atoms with Gasteiger partial charge in [-0.1, -0.05) is 67.6 Å². The highest BCUT2D eigenvalue weighted by atomic mass is 14.0. The third-order valence-electron chi connectivity index (χ3n) is 3.15. The van der Waals surface area contributed by atoms with E-state index in [1.807, 2.05) is 18.2 Å². The molecule has 0 aliphatic heterocycles. The summed E-state index contributed by atoms with van der Waals surface area (Å²) in [5, 5.41) is 0. The molecule has 0 amide bonds. The minimum absolute atomic E-state index is 1.11. The first kappa shape index (κ1) is 14.5. The lowest BCUT2D eigenvalue weighted by molar-refractivity contribution is 0.680. The molecule has 0 aliphatic rings. The van der Waals surface area contributed by atoms with Crippen molar-refractivity contribution in [1.29, 1.82) is 0 Å². The summed E-state index contributed by atoms with van der Waals surface area (Å²) >= 11 is 0. The molecule has 0 heteroatoms. The highest BCUT2D eigenvalue weighted by Crippen LogP contribution is 2.13. The Hall–Kier alpha value is -1.56. The van der Waals surface area contributed by atoms with Crippen molar-refractivity contribution in [2.45, 2.75) is 39.0 Å². The third kappa shape index (κ3) is 5.67. The molecular weight excluding hydrogens is 216 g/mol. The van der Waals surface area contributed by atoms with E-state index in [9.17, 15) is 0 Å². The third-order valence-corrected chi connectivity index (χ3v) is 3.15. The van der Waals surface area contributed by atoms with E-state index in [-0.39, 0.29) is 0 Å². The largest absolute Gasteiger partial charge is 0.0991 e. The molecule has 0 heterocycles. The van der Waals surface area contributed by atoms with Crippen molar-refractivity contribution in [2.24, 2.45) is 0 Å². The molecule has 96 valence electrons. The Morgan fingerprint density at radius 1 is 1.06 bits per heavy atom. The second kappa shape index (κ2) is 8.52. The fourth-order valence-electron chi connectivity index (χ4n) is 1.99. The summed E-state index contributed by atoms with van der Waals surface area (Å²) < 4.78 is 0. The standard InChI is InChI=1S/C18H24/c1-4-9-17(5-2)10-7-6-8-11-18-14-12-16(3)13-15-18/h4-5,9,12-15H,1-2,6-8,10-11H2,3H3/b17-9+. The van der Waals surface area contributed by atoms with Crippen LogP contribution in [0, 0.1) is 6.92 Å². The van der Waals surface area contributed by atoms with Crippen molar-refractivity contribution in [1.82, 2.24) is 0 Å². The Balaban J connectivity index is 2.19. The number of hydrogen-bond acceptors (Lipinski definition) is 0. The minimum Gasteiger partial charge on any atom is -0.0991 e. The molecule has 1 aromatic rings. The number of unbranched alkanes of at least 4 members (excludes halogenated alkanes) is 2. The van der Waals surface area contributed by atoms with Gasteiger partial charge < -0.3 is 0 Å². The van der Waals surface area contributed by atoms with E-state index in [4.69, 9.17) is 0 Å². The summed E-state index contributed by atoms with van der Waals surface area (Å²) in [6, 6.07) is 8.86. The molecule has 0 unspecified atom stereocenters. The molecule has 0 aliphatic carbocycles. The molecule has 1 rings (SSSR count). The van der Waals surface area contributed by atoms with Gasteiger partial charge in [0.25, 0.3) is 0 Å². The van der Waals surface area contributed by atoms with Gasteiger partial charge in [0.2, 0.25) is 0 Å². The van der Waals surface area contributed by atoms with Crippen LogP contribution in [0.25, 0.3) is 0 Å². The first-order chi connectivity index (χ1) is 8.76. The molecule has 0 nitrogen and oxygen atoms in total. The lowest BCUT2D eigenvalue weighted by Gasteiger charge is -2.03. The average Bonchev–Trinajstić information content (AvgIpc) is 2.39. The van der Waals surface area contributed by atoms with Crippen LogP contribution in [0.4, 0.5) is 0 Å². The molecule has 0 radical (unpaired) electrons. The highest BCUT2D eigenvalue weighted by Gasteiger charge is 1.95. The van der Waals surface area contributed by atoms with Gasteiger partial charge in [0.15, 0.2) is 0 Å². The van der Waals surface area contributed by atoms with E-state index < -0.39 is 0 Å². The highest BCUT2D eigenvalue weighted by molar-refractivity contribution is 5.22. The number of allylic oxidation sites excluding steroid dienone is 4. The molecule has 0 saturated carbocycles. The smallest absolute Gasteiger partial charge is 0.0279 e. The van der Waals surface area contributed by atoms with Gasteiger partial charge in [-0.3, -0.25) is 0 Å². The van der Waals surface area contributed by atoms with E-state index >= 15 is 0 Å². The molecule has 18 heavy (non-hydrogen) atoms. The molecule has 0 aromatic heterocycles. The van der Waals surface area contributed by atoms with Crippen LogP contribution in [0.5, 0.6) is 0 Å². The van der Waals surface area contributed by atoms with Gasteiger partial charge in [0, 0.05) is 0 Å². The van der Waals surface area contributed by atoms with Crippen LogP contribution in [0.1, 0.15) is 36.8 Å². The lowest BCUT2D eigenvalue weighted by atomic mass is 10.0. The summed E-state index contributed by atoms with van der Waals surface area (Å²) in [5.74, 6) is 0. The molecule has 0 fully saturated rings. The first-order valence-corrected chi connectivity index (χ1v) is 6.76. The first-order valence-electron chi connectivity index (χ1n) is 6.76. The van der Waals surface area contributed by atoms with E-state index in [0.717, 1.165) is 6.42 Å². The average molecular weight is 240 g/mol. The Kier molecular flexibility index (Phi) is 6.86. The molecule has 0 saturated heterocycles. The summed E-state index contributed by atoms with van der Waals surface area (Å²) in [4.78, 5) is 0. The molecular formula is C18H24. The van der Waals surface area contributed by atoms with Crippen LogP contribution >= 0.6 is 0 Å². The summed E-state index contributed by atoms with van der Waals surface area (Å²) in [7, 11) is 0. The fraction of sp³-hybridized carbons (Fsp3) is 0.333. The van der Waals surface area contributed by atoms with Gasteiger partial charge >= 0.3 is 0 Å². The minimum atomic E-state index is 1.11. The predicted molar refractivity (Wildman–Crippen MR) is 81.8 cm³/mol. The van der Waals surface area contributed by atoms with Crippen LogP contribution < -0.4 is 0 Å². The van der Waals surface area contributed by atoms with Crippen LogP contribution in [-0.4, -0.2) is 0 Å². The number of benzene rings is 1. The monoisotopic (exact) mass is 240 g/mol. The van der Waals surface area contributed by atoms with Crippen molar-refractivity contribution >= 4 is 0 Å². The number of hydrogen-bond donors (Lipinski definition) is 0. The van der Waals surface area contributed by atoms with Crippen molar-refractivity contribution in [3.8, 4) is 0 Å². The molecule has 1 aromatic carbocycles. The maximum absolute atomic E-state index is 3.82. The number of rotatable bonds is 8. The lowest BCUT2D eigenvalue weighted by Crippen LogP contribution is -1.87. The van der Waals surface area contributed by atoms with Crippen LogP contribution in [0.2, 0.25) is 0 Å². The summed E-state index contributed by atoms with van der Waals surface area (Å²) in [5.41, 5.74) is 4.08. The Morgan fingerprint density at radius 2 is 1.78 bits per heavy atom. The van der Waals surface area contributed by atoms with E-state index in [1.165, 1.54) is 42.4 Å². The number of aryl methyl sites for hydroxylation is 2. The molecule has 0 bridgehead atoms. The SMILES string of the molecule is C=C/C=C(\C=C)CCCCCc1ccc(C)cc1. The van der Waals surface area contributed by atoms with Gasteiger partial charge in [0.1, 0.15) is 0 Å². The van der Waals surface area contributed by atoms with Crippen molar-refractivity contribution in [3.05, 3.63) is 72.4 Å².